The lowest BCUT2D eigenvalue weighted by Crippen LogP contribution is -2.31. The molecule has 1 fully saturated rings. The zero-order chi connectivity index (χ0) is 18.6. The Morgan fingerprint density at radius 1 is 1.15 bits per heavy atom. The number of ether oxygens (including phenoxy) is 1. The van der Waals surface area contributed by atoms with Crippen molar-refractivity contribution in [1.82, 2.24) is 19.7 Å². The predicted octanol–water partition coefficient (Wildman–Crippen LogP) is 2.56. The molecule has 2 aromatic carbocycles. The first-order valence-corrected chi connectivity index (χ1v) is 9.35. The molecule has 2 heterocycles. The number of methoxy groups -OCH3 is 1. The van der Waals surface area contributed by atoms with Crippen molar-refractivity contribution >= 4 is 0 Å². The van der Waals surface area contributed by atoms with Gasteiger partial charge in [-0.25, -0.2) is 14.0 Å². The minimum Gasteiger partial charge on any atom is -0.496 e. The van der Waals surface area contributed by atoms with E-state index in [1.165, 1.54) is 0 Å². The van der Waals surface area contributed by atoms with Crippen LogP contribution in [-0.2, 0) is 6.54 Å². The van der Waals surface area contributed by atoms with Crippen molar-refractivity contribution in [2.45, 2.75) is 25.3 Å². The maximum absolute atomic E-state index is 13.2. The molecular formula is C21H24N4O2. The summed E-state index contributed by atoms with van der Waals surface area (Å²) >= 11 is 0. The van der Waals surface area contributed by atoms with Crippen LogP contribution in [0.15, 0.2) is 59.4 Å². The van der Waals surface area contributed by atoms with Crippen LogP contribution in [0.25, 0.3) is 5.69 Å². The van der Waals surface area contributed by atoms with Crippen LogP contribution in [0.2, 0.25) is 0 Å². The Kier molecular flexibility index (Phi) is 5.07. The van der Waals surface area contributed by atoms with E-state index in [1.54, 1.807) is 16.4 Å². The highest BCUT2D eigenvalue weighted by molar-refractivity contribution is 5.35. The Morgan fingerprint density at radius 2 is 1.93 bits per heavy atom. The van der Waals surface area contributed by atoms with Gasteiger partial charge in [0.15, 0.2) is 0 Å². The number of rotatable bonds is 5. The number of benzene rings is 2. The molecule has 0 amide bonds. The first-order valence-electron chi connectivity index (χ1n) is 9.35. The van der Waals surface area contributed by atoms with Crippen molar-refractivity contribution in [3.63, 3.8) is 0 Å². The number of nitrogens with one attached hydrogen (secondary N) is 1. The van der Waals surface area contributed by atoms with E-state index in [9.17, 15) is 4.79 Å². The summed E-state index contributed by atoms with van der Waals surface area (Å²) in [4.78, 5) is 13.2. The summed E-state index contributed by atoms with van der Waals surface area (Å²) in [6, 6.07) is 17.5. The molecule has 1 aliphatic rings. The van der Waals surface area contributed by atoms with Gasteiger partial charge in [0, 0.05) is 18.0 Å². The second-order valence-electron chi connectivity index (χ2n) is 6.82. The molecule has 0 aliphatic carbocycles. The van der Waals surface area contributed by atoms with E-state index in [2.05, 4.69) is 5.32 Å². The van der Waals surface area contributed by atoms with Gasteiger partial charge in [0.1, 0.15) is 11.6 Å². The average molecular weight is 364 g/mol. The maximum atomic E-state index is 13.2. The fraction of sp³-hybridized carbons (Fsp3) is 0.333. The molecule has 4 rings (SSSR count). The van der Waals surface area contributed by atoms with E-state index >= 15 is 0 Å². The normalized spacial score (nSPS) is 17.0. The Balaban J connectivity index is 1.79. The smallest absolute Gasteiger partial charge is 0.350 e. The standard InChI is InChI=1S/C21H24N4O2/c1-27-19-12-6-5-8-17(19)15-24-21(26)25(18-10-3-2-4-11-18)20(23-24)16-9-7-13-22-14-16/h2-6,8,10-12,16,22H,7,9,13-15H2,1H3/t16-/m0/s1. The van der Waals surface area contributed by atoms with Gasteiger partial charge in [0.25, 0.3) is 0 Å². The SMILES string of the molecule is COc1ccccc1Cn1nc([C@H]2CCCNC2)n(-c2ccccc2)c1=O. The van der Waals surface area contributed by atoms with Crippen LogP contribution in [0.3, 0.4) is 0 Å². The summed E-state index contributed by atoms with van der Waals surface area (Å²) in [6.45, 7) is 2.25. The second-order valence-corrected chi connectivity index (χ2v) is 6.82. The Labute approximate surface area is 158 Å². The number of nitrogens with zero attached hydrogens (tertiary/aromatic N) is 3. The van der Waals surface area contributed by atoms with Crippen molar-refractivity contribution in [3.8, 4) is 11.4 Å². The Bertz CT molecular complexity index is 956. The lowest BCUT2D eigenvalue weighted by molar-refractivity contribution is 0.406. The van der Waals surface area contributed by atoms with E-state index in [4.69, 9.17) is 9.84 Å². The minimum absolute atomic E-state index is 0.118. The number of aromatic nitrogens is 3. The molecule has 0 radical (unpaired) electrons. The fourth-order valence-electron chi connectivity index (χ4n) is 3.68. The number of piperidine rings is 1. The van der Waals surface area contributed by atoms with Gasteiger partial charge in [-0.05, 0) is 37.6 Å². The monoisotopic (exact) mass is 364 g/mol. The van der Waals surface area contributed by atoms with Crippen LogP contribution >= 0.6 is 0 Å². The zero-order valence-corrected chi connectivity index (χ0v) is 15.5. The molecule has 1 aromatic heterocycles. The van der Waals surface area contributed by atoms with E-state index in [0.29, 0.717) is 6.54 Å². The van der Waals surface area contributed by atoms with Crippen molar-refractivity contribution in [2.24, 2.45) is 0 Å². The summed E-state index contributed by atoms with van der Waals surface area (Å²) in [5.41, 5.74) is 1.68. The number of para-hydroxylation sites is 2. The Hall–Kier alpha value is -2.86. The lowest BCUT2D eigenvalue weighted by Gasteiger charge is -2.22. The molecule has 1 aliphatic heterocycles. The molecule has 1 N–H and O–H groups in total. The van der Waals surface area contributed by atoms with Crippen molar-refractivity contribution in [3.05, 3.63) is 76.5 Å². The molecule has 6 heteroatoms. The van der Waals surface area contributed by atoms with E-state index in [-0.39, 0.29) is 11.6 Å². The molecule has 6 nitrogen and oxygen atoms in total. The third-order valence-electron chi connectivity index (χ3n) is 5.05. The Morgan fingerprint density at radius 3 is 2.67 bits per heavy atom. The van der Waals surface area contributed by atoms with Gasteiger partial charge < -0.3 is 10.1 Å². The number of hydrogen-bond donors (Lipinski definition) is 1. The topological polar surface area (TPSA) is 61.1 Å². The van der Waals surface area contributed by atoms with Gasteiger partial charge in [-0.15, -0.1) is 0 Å². The number of hydrogen-bond acceptors (Lipinski definition) is 4. The molecule has 27 heavy (non-hydrogen) atoms. The van der Waals surface area contributed by atoms with Crippen LogP contribution in [0, 0.1) is 0 Å². The summed E-state index contributed by atoms with van der Waals surface area (Å²) in [5, 5.41) is 8.18. The lowest BCUT2D eigenvalue weighted by atomic mass is 9.99. The van der Waals surface area contributed by atoms with Crippen LogP contribution in [0.1, 0.15) is 30.1 Å². The van der Waals surface area contributed by atoms with E-state index < -0.39 is 0 Å². The maximum Gasteiger partial charge on any atom is 0.350 e. The second kappa shape index (κ2) is 7.80. The molecule has 0 bridgehead atoms. The molecular weight excluding hydrogens is 340 g/mol. The first kappa shape index (κ1) is 17.5. The third-order valence-corrected chi connectivity index (χ3v) is 5.05. The van der Waals surface area contributed by atoms with Crippen molar-refractivity contribution in [1.29, 1.82) is 0 Å². The van der Waals surface area contributed by atoms with Gasteiger partial charge >= 0.3 is 5.69 Å². The zero-order valence-electron chi connectivity index (χ0n) is 15.5. The van der Waals surface area contributed by atoms with Crippen LogP contribution in [0.5, 0.6) is 5.75 Å². The van der Waals surface area contributed by atoms with Crippen molar-refractivity contribution in [2.75, 3.05) is 20.2 Å². The molecule has 3 aromatic rings. The summed E-state index contributed by atoms with van der Waals surface area (Å²) in [5.74, 6) is 1.82. The van der Waals surface area contributed by atoms with Gasteiger partial charge in [-0.2, -0.15) is 5.10 Å². The summed E-state index contributed by atoms with van der Waals surface area (Å²) < 4.78 is 8.74. The predicted molar refractivity (Wildman–Crippen MR) is 105 cm³/mol. The minimum atomic E-state index is -0.118. The molecule has 0 unspecified atom stereocenters. The third kappa shape index (κ3) is 3.53. The summed E-state index contributed by atoms with van der Waals surface area (Å²) in [6.07, 6.45) is 2.12. The average Bonchev–Trinajstić information content (AvgIpc) is 3.06. The van der Waals surface area contributed by atoms with Gasteiger partial charge in [-0.1, -0.05) is 36.4 Å². The fourth-order valence-corrected chi connectivity index (χ4v) is 3.68. The molecule has 1 atom stereocenters. The van der Waals surface area contributed by atoms with Crippen LogP contribution < -0.4 is 15.7 Å². The van der Waals surface area contributed by atoms with E-state index in [0.717, 1.165) is 48.8 Å². The van der Waals surface area contributed by atoms with Crippen LogP contribution in [-0.4, -0.2) is 34.5 Å². The molecule has 140 valence electrons. The largest absolute Gasteiger partial charge is 0.496 e. The quantitative estimate of drug-likeness (QED) is 0.756. The highest BCUT2D eigenvalue weighted by atomic mass is 16.5. The molecule has 0 saturated carbocycles. The highest BCUT2D eigenvalue weighted by Gasteiger charge is 2.25. The first-order chi connectivity index (χ1) is 13.3. The molecule has 0 spiro atoms. The summed E-state index contributed by atoms with van der Waals surface area (Å²) in [7, 11) is 1.64. The van der Waals surface area contributed by atoms with Gasteiger partial charge in [0.2, 0.25) is 0 Å². The molecule has 1 saturated heterocycles. The van der Waals surface area contributed by atoms with E-state index in [1.807, 2.05) is 54.6 Å². The van der Waals surface area contributed by atoms with Gasteiger partial charge in [-0.3, -0.25) is 0 Å². The van der Waals surface area contributed by atoms with Crippen LogP contribution in [0.4, 0.5) is 0 Å². The van der Waals surface area contributed by atoms with Gasteiger partial charge in [0.05, 0.1) is 19.3 Å². The van der Waals surface area contributed by atoms with Crippen molar-refractivity contribution < 1.29 is 4.74 Å². The highest BCUT2D eigenvalue weighted by Crippen LogP contribution is 2.24.